The Morgan fingerprint density at radius 2 is 2.28 bits per heavy atom. The highest BCUT2D eigenvalue weighted by Gasteiger charge is 2.31. The molecule has 1 amide bonds. The van der Waals surface area contributed by atoms with Crippen LogP contribution in [0.1, 0.15) is 28.9 Å². The molecule has 7 nitrogen and oxygen atoms in total. The summed E-state index contributed by atoms with van der Waals surface area (Å²) in [7, 11) is 0. The molecule has 0 radical (unpaired) electrons. The van der Waals surface area contributed by atoms with Gasteiger partial charge in [-0.15, -0.1) is 0 Å². The number of nitrogens with two attached hydrogens (primary N) is 1. The predicted molar refractivity (Wildman–Crippen MR) is 63.3 cm³/mol. The number of hydrogen-bond donors (Lipinski definition) is 2. The van der Waals surface area contributed by atoms with Gasteiger partial charge >= 0.3 is 5.97 Å². The molecule has 2 rings (SSSR count). The summed E-state index contributed by atoms with van der Waals surface area (Å²) < 4.78 is 0. The van der Waals surface area contributed by atoms with Gasteiger partial charge in [-0.05, 0) is 19.8 Å². The van der Waals surface area contributed by atoms with Crippen LogP contribution in [0.2, 0.25) is 0 Å². The first-order valence-electron chi connectivity index (χ1n) is 5.63. The average molecular weight is 250 g/mol. The molecule has 2 heterocycles. The Labute approximate surface area is 104 Å². The Bertz CT molecular complexity index is 503. The van der Waals surface area contributed by atoms with E-state index in [4.69, 9.17) is 10.8 Å². The second kappa shape index (κ2) is 4.59. The summed E-state index contributed by atoms with van der Waals surface area (Å²) in [5.74, 6) is -1.11. The van der Waals surface area contributed by atoms with E-state index in [2.05, 4.69) is 9.97 Å². The summed E-state index contributed by atoms with van der Waals surface area (Å²) >= 11 is 0. The molecule has 0 spiro atoms. The smallest absolute Gasteiger partial charge is 0.339 e. The van der Waals surface area contributed by atoms with Gasteiger partial charge in [-0.25, -0.2) is 14.8 Å². The first-order valence-corrected chi connectivity index (χ1v) is 5.63. The van der Waals surface area contributed by atoms with E-state index in [1.807, 2.05) is 0 Å². The van der Waals surface area contributed by atoms with Crippen LogP contribution < -0.4 is 10.6 Å². The van der Waals surface area contributed by atoms with Gasteiger partial charge < -0.3 is 15.7 Å². The Balaban J connectivity index is 2.32. The number of anilines is 1. The topological polar surface area (TPSA) is 109 Å². The molecule has 18 heavy (non-hydrogen) atoms. The lowest BCUT2D eigenvalue weighted by atomic mass is 10.2. The third-order valence-electron chi connectivity index (χ3n) is 3.04. The van der Waals surface area contributed by atoms with Crippen molar-refractivity contribution in [3.05, 3.63) is 17.5 Å². The number of nitrogens with zero attached hydrogens (tertiary/aromatic N) is 3. The standard InChI is InChI=1S/C11H14N4O3/c1-6-7(10(17)18)5-13-11(14-6)15-4-2-3-8(15)9(12)16/h5,8H,2-4H2,1H3,(H2,12,16)(H,17,18). The van der Waals surface area contributed by atoms with Gasteiger partial charge in [0.25, 0.3) is 0 Å². The number of carboxylic acids is 1. The minimum Gasteiger partial charge on any atom is -0.478 e. The molecular weight excluding hydrogens is 236 g/mol. The lowest BCUT2D eigenvalue weighted by Gasteiger charge is -2.22. The van der Waals surface area contributed by atoms with Crippen molar-refractivity contribution in [2.75, 3.05) is 11.4 Å². The molecule has 0 aromatic carbocycles. The largest absolute Gasteiger partial charge is 0.478 e. The number of aromatic carboxylic acids is 1. The molecule has 1 aromatic rings. The Morgan fingerprint density at radius 1 is 1.56 bits per heavy atom. The molecule has 3 N–H and O–H groups in total. The van der Waals surface area contributed by atoms with Gasteiger partial charge in [0.05, 0.1) is 11.3 Å². The van der Waals surface area contributed by atoms with Crippen molar-refractivity contribution in [1.82, 2.24) is 9.97 Å². The Morgan fingerprint density at radius 3 is 2.83 bits per heavy atom. The molecule has 96 valence electrons. The van der Waals surface area contributed by atoms with Crippen molar-refractivity contribution in [2.45, 2.75) is 25.8 Å². The van der Waals surface area contributed by atoms with Gasteiger partial charge in [0, 0.05) is 12.7 Å². The lowest BCUT2D eigenvalue weighted by molar-refractivity contribution is -0.119. The van der Waals surface area contributed by atoms with E-state index in [-0.39, 0.29) is 5.56 Å². The summed E-state index contributed by atoms with van der Waals surface area (Å²) in [6, 6.07) is -0.403. The molecule has 0 saturated carbocycles. The highest BCUT2D eigenvalue weighted by Crippen LogP contribution is 2.22. The highest BCUT2D eigenvalue weighted by atomic mass is 16.4. The SMILES string of the molecule is Cc1nc(N2CCCC2C(N)=O)ncc1C(=O)O. The normalized spacial score (nSPS) is 18.9. The monoisotopic (exact) mass is 250 g/mol. The molecule has 1 fully saturated rings. The van der Waals surface area contributed by atoms with Crippen LogP contribution in [0, 0.1) is 6.92 Å². The fourth-order valence-corrected chi connectivity index (χ4v) is 2.11. The van der Waals surface area contributed by atoms with Crippen LogP contribution in [0.4, 0.5) is 5.95 Å². The third-order valence-corrected chi connectivity index (χ3v) is 3.04. The van der Waals surface area contributed by atoms with Gasteiger partial charge in [-0.3, -0.25) is 4.79 Å². The van der Waals surface area contributed by atoms with Gasteiger partial charge in [0.1, 0.15) is 6.04 Å². The zero-order chi connectivity index (χ0) is 13.3. The maximum absolute atomic E-state index is 11.3. The van der Waals surface area contributed by atoms with Crippen molar-refractivity contribution in [3.63, 3.8) is 0 Å². The van der Waals surface area contributed by atoms with Crippen molar-refractivity contribution in [2.24, 2.45) is 5.73 Å². The molecule has 1 atom stereocenters. The maximum atomic E-state index is 11.3. The third kappa shape index (κ3) is 2.11. The zero-order valence-corrected chi connectivity index (χ0v) is 9.96. The summed E-state index contributed by atoms with van der Waals surface area (Å²) in [6.07, 6.45) is 2.78. The van der Waals surface area contributed by atoms with Gasteiger partial charge in [0.2, 0.25) is 11.9 Å². The van der Waals surface area contributed by atoms with Crippen molar-refractivity contribution >= 4 is 17.8 Å². The van der Waals surface area contributed by atoms with Crippen LogP contribution in [-0.2, 0) is 4.79 Å². The number of amides is 1. The number of carbonyl (C=O) groups excluding carboxylic acids is 1. The summed E-state index contributed by atoms with van der Waals surface area (Å²) in [6.45, 7) is 2.25. The van der Waals surface area contributed by atoms with E-state index in [9.17, 15) is 9.59 Å². The fourth-order valence-electron chi connectivity index (χ4n) is 2.11. The Kier molecular flexibility index (Phi) is 3.14. The van der Waals surface area contributed by atoms with E-state index in [1.54, 1.807) is 11.8 Å². The van der Waals surface area contributed by atoms with E-state index in [0.717, 1.165) is 6.42 Å². The van der Waals surface area contributed by atoms with Gasteiger partial charge in [-0.2, -0.15) is 0 Å². The molecule has 1 aromatic heterocycles. The van der Waals surface area contributed by atoms with Crippen molar-refractivity contribution in [3.8, 4) is 0 Å². The van der Waals surface area contributed by atoms with Crippen LogP contribution in [-0.4, -0.2) is 39.5 Å². The number of primary amides is 1. The van der Waals surface area contributed by atoms with E-state index in [1.165, 1.54) is 6.20 Å². The lowest BCUT2D eigenvalue weighted by Crippen LogP contribution is -2.41. The molecule has 7 heteroatoms. The zero-order valence-electron chi connectivity index (χ0n) is 9.96. The maximum Gasteiger partial charge on any atom is 0.339 e. The number of rotatable bonds is 3. The van der Waals surface area contributed by atoms with Crippen LogP contribution in [0.3, 0.4) is 0 Å². The van der Waals surface area contributed by atoms with Crippen LogP contribution in [0.15, 0.2) is 6.20 Å². The highest BCUT2D eigenvalue weighted by molar-refractivity contribution is 5.88. The van der Waals surface area contributed by atoms with E-state index >= 15 is 0 Å². The van der Waals surface area contributed by atoms with Gasteiger partial charge in [-0.1, -0.05) is 0 Å². The van der Waals surface area contributed by atoms with Crippen LogP contribution >= 0.6 is 0 Å². The number of carbonyl (C=O) groups is 2. The van der Waals surface area contributed by atoms with E-state index in [0.29, 0.717) is 24.6 Å². The summed E-state index contributed by atoms with van der Waals surface area (Å²) in [5.41, 5.74) is 5.75. The quantitative estimate of drug-likeness (QED) is 0.777. The summed E-state index contributed by atoms with van der Waals surface area (Å²) in [4.78, 5) is 32.0. The van der Waals surface area contributed by atoms with Crippen molar-refractivity contribution < 1.29 is 14.7 Å². The fraction of sp³-hybridized carbons (Fsp3) is 0.455. The average Bonchev–Trinajstić information content (AvgIpc) is 2.77. The van der Waals surface area contributed by atoms with Crippen LogP contribution in [0.5, 0.6) is 0 Å². The summed E-state index contributed by atoms with van der Waals surface area (Å²) in [5, 5.41) is 8.89. The Hall–Kier alpha value is -2.18. The number of aryl methyl sites for hydroxylation is 1. The second-order valence-corrected chi connectivity index (χ2v) is 4.23. The molecule has 0 bridgehead atoms. The predicted octanol–water partition coefficient (Wildman–Crippen LogP) is -0.0627. The molecule has 1 aliphatic rings. The number of carboxylic acid groups (broad SMARTS) is 1. The molecule has 1 aliphatic heterocycles. The minimum atomic E-state index is -1.06. The number of hydrogen-bond acceptors (Lipinski definition) is 5. The molecule has 1 unspecified atom stereocenters. The first kappa shape index (κ1) is 12.3. The van der Waals surface area contributed by atoms with E-state index < -0.39 is 17.9 Å². The molecular formula is C11H14N4O3. The van der Waals surface area contributed by atoms with Crippen molar-refractivity contribution in [1.29, 1.82) is 0 Å². The second-order valence-electron chi connectivity index (χ2n) is 4.23. The molecule has 1 saturated heterocycles. The van der Waals surface area contributed by atoms with Gasteiger partial charge in [0.15, 0.2) is 0 Å². The first-order chi connectivity index (χ1) is 8.50. The van der Waals surface area contributed by atoms with Crippen LogP contribution in [0.25, 0.3) is 0 Å². The minimum absolute atomic E-state index is 0.0635. The number of aromatic nitrogens is 2. The molecule has 0 aliphatic carbocycles.